The molecule has 2 heterocycles. The zero-order valence-corrected chi connectivity index (χ0v) is 11.3. The molecule has 0 aliphatic carbocycles. The summed E-state index contributed by atoms with van der Waals surface area (Å²) in [6.07, 6.45) is 1.51. The average molecular weight is 316 g/mol. The summed E-state index contributed by atoms with van der Waals surface area (Å²) < 4.78 is 6.72. The monoisotopic (exact) mass is 318 g/mol. The molecule has 2 fully saturated rings. The fraction of sp³-hybridized carbons (Fsp3) is 1.00. The van der Waals surface area contributed by atoms with Gasteiger partial charge in [-0.15, -0.1) is 0 Å². The predicted molar refractivity (Wildman–Crippen MR) is 56.6 cm³/mol. The van der Waals surface area contributed by atoms with E-state index in [1.165, 1.54) is 22.8 Å². The van der Waals surface area contributed by atoms with Gasteiger partial charge in [-0.05, 0) is 0 Å². The standard InChI is InChI=1S/C8H14OSSe2/c1-2-11-8(12-3-1)5-9-4-7-6-10-7/h7-8H,1-6H2. The summed E-state index contributed by atoms with van der Waals surface area (Å²) in [5.41, 5.74) is 0. The van der Waals surface area contributed by atoms with Crippen molar-refractivity contribution in [1.82, 2.24) is 0 Å². The summed E-state index contributed by atoms with van der Waals surface area (Å²) in [5, 5.41) is 3.90. The Hall–Kier alpha value is 1.35. The first-order valence-corrected chi connectivity index (χ1v) is 9.82. The van der Waals surface area contributed by atoms with E-state index in [0.717, 1.165) is 52.1 Å². The molecule has 0 radical (unpaired) electrons. The molecular weight excluding hydrogens is 302 g/mol. The van der Waals surface area contributed by atoms with E-state index in [2.05, 4.69) is 0 Å². The zero-order chi connectivity index (χ0) is 8.23. The maximum absolute atomic E-state index is 5.71. The molecule has 0 saturated carbocycles. The molecule has 2 saturated heterocycles. The second kappa shape index (κ2) is 5.28. The Balaban J connectivity index is 1.52. The zero-order valence-electron chi connectivity index (χ0n) is 7.03. The van der Waals surface area contributed by atoms with Gasteiger partial charge in [0.15, 0.2) is 0 Å². The molecule has 0 N–H and O–H groups in total. The summed E-state index contributed by atoms with van der Waals surface area (Å²) in [7, 11) is 0. The van der Waals surface area contributed by atoms with E-state index in [0.29, 0.717) is 0 Å². The van der Waals surface area contributed by atoms with Crippen LogP contribution >= 0.6 is 11.8 Å². The van der Waals surface area contributed by atoms with Gasteiger partial charge in [-0.1, -0.05) is 0 Å². The van der Waals surface area contributed by atoms with Crippen LogP contribution in [0, 0.1) is 0 Å². The van der Waals surface area contributed by atoms with Crippen LogP contribution in [-0.2, 0) is 4.74 Å². The van der Waals surface area contributed by atoms with Gasteiger partial charge in [-0.2, -0.15) is 0 Å². The van der Waals surface area contributed by atoms with Crippen LogP contribution in [0.1, 0.15) is 6.42 Å². The molecule has 0 aromatic heterocycles. The summed E-state index contributed by atoms with van der Waals surface area (Å²) >= 11 is 3.89. The fourth-order valence-electron chi connectivity index (χ4n) is 1.09. The van der Waals surface area contributed by atoms with Crippen molar-refractivity contribution in [3.05, 3.63) is 0 Å². The van der Waals surface area contributed by atoms with Crippen molar-refractivity contribution in [1.29, 1.82) is 0 Å². The molecule has 12 heavy (non-hydrogen) atoms. The van der Waals surface area contributed by atoms with E-state index in [9.17, 15) is 0 Å². The topological polar surface area (TPSA) is 9.23 Å². The van der Waals surface area contributed by atoms with Crippen LogP contribution in [0.25, 0.3) is 0 Å². The van der Waals surface area contributed by atoms with Crippen LogP contribution in [0.2, 0.25) is 14.4 Å². The van der Waals surface area contributed by atoms with Gasteiger partial charge in [0.25, 0.3) is 0 Å². The molecule has 2 aliphatic heterocycles. The van der Waals surface area contributed by atoms with Gasteiger partial charge < -0.3 is 0 Å². The Morgan fingerprint density at radius 3 is 2.67 bits per heavy atom. The van der Waals surface area contributed by atoms with Crippen LogP contribution in [0.4, 0.5) is 0 Å². The minimum atomic E-state index is 0.869. The Labute approximate surface area is 91.1 Å². The second-order valence-electron chi connectivity index (χ2n) is 3.02. The molecule has 4 heteroatoms. The summed E-state index contributed by atoms with van der Waals surface area (Å²) in [5.74, 6) is 1.35. The van der Waals surface area contributed by atoms with E-state index in [4.69, 9.17) is 4.74 Å². The summed E-state index contributed by atoms with van der Waals surface area (Å²) in [4.78, 5) is 0. The molecule has 0 aromatic rings. The molecule has 1 unspecified atom stereocenters. The number of rotatable bonds is 4. The van der Waals surface area contributed by atoms with Crippen molar-refractivity contribution >= 4 is 41.7 Å². The third-order valence-corrected chi connectivity index (χ3v) is 10.1. The predicted octanol–water partition coefficient (Wildman–Crippen LogP) is 1.51. The van der Waals surface area contributed by atoms with Crippen LogP contribution in [0.5, 0.6) is 0 Å². The molecule has 1 nitrogen and oxygen atoms in total. The SMILES string of the molecule is C1C[Se]C(COCC2CS2)[Se]C1. The molecular formula is C8H14OSSe2. The van der Waals surface area contributed by atoms with E-state index < -0.39 is 0 Å². The van der Waals surface area contributed by atoms with E-state index in [-0.39, 0.29) is 0 Å². The van der Waals surface area contributed by atoms with Crippen molar-refractivity contribution in [2.45, 2.75) is 26.0 Å². The summed E-state index contributed by atoms with van der Waals surface area (Å²) in [6, 6.07) is 0. The third-order valence-electron chi connectivity index (χ3n) is 1.86. The Kier molecular flexibility index (Phi) is 4.35. The maximum atomic E-state index is 5.71. The van der Waals surface area contributed by atoms with Crippen molar-refractivity contribution < 1.29 is 4.74 Å². The molecule has 0 aromatic carbocycles. The number of thioether (sulfide) groups is 1. The minimum absolute atomic E-state index is 0.869. The first-order chi connectivity index (χ1) is 5.95. The number of hydrogen-bond acceptors (Lipinski definition) is 2. The van der Waals surface area contributed by atoms with Gasteiger partial charge in [-0.25, -0.2) is 0 Å². The molecule has 0 amide bonds. The van der Waals surface area contributed by atoms with Crippen LogP contribution in [-0.4, -0.2) is 54.1 Å². The van der Waals surface area contributed by atoms with Crippen molar-refractivity contribution in [2.24, 2.45) is 0 Å². The Bertz CT molecular complexity index is 135. The normalized spacial score (nSPS) is 30.5. The fourth-order valence-corrected chi connectivity index (χ4v) is 9.01. The first kappa shape index (κ1) is 9.89. The Morgan fingerprint density at radius 2 is 2.00 bits per heavy atom. The second-order valence-corrected chi connectivity index (χ2v) is 11.4. The molecule has 0 bridgehead atoms. The van der Waals surface area contributed by atoms with Gasteiger partial charge in [0.2, 0.25) is 0 Å². The van der Waals surface area contributed by atoms with Gasteiger partial charge >= 0.3 is 91.4 Å². The number of ether oxygens (including phenoxy) is 1. The van der Waals surface area contributed by atoms with Crippen LogP contribution in [0.3, 0.4) is 0 Å². The van der Waals surface area contributed by atoms with Crippen molar-refractivity contribution in [3.8, 4) is 0 Å². The summed E-state index contributed by atoms with van der Waals surface area (Å²) in [6.45, 7) is 2.13. The Morgan fingerprint density at radius 1 is 1.25 bits per heavy atom. The average Bonchev–Trinajstić information content (AvgIpc) is 2.90. The van der Waals surface area contributed by atoms with Gasteiger partial charge in [0, 0.05) is 0 Å². The molecule has 0 spiro atoms. The van der Waals surface area contributed by atoms with Crippen molar-refractivity contribution in [3.63, 3.8) is 0 Å². The number of hydrogen-bond donors (Lipinski definition) is 0. The van der Waals surface area contributed by atoms with Gasteiger partial charge in [-0.3, -0.25) is 0 Å². The molecule has 2 aliphatic rings. The van der Waals surface area contributed by atoms with Crippen LogP contribution in [0.15, 0.2) is 0 Å². The third kappa shape index (κ3) is 3.61. The van der Waals surface area contributed by atoms with E-state index in [1.54, 1.807) is 0 Å². The van der Waals surface area contributed by atoms with Crippen LogP contribution < -0.4 is 0 Å². The van der Waals surface area contributed by atoms with E-state index in [1.807, 2.05) is 11.8 Å². The van der Waals surface area contributed by atoms with Crippen molar-refractivity contribution in [2.75, 3.05) is 19.0 Å². The first-order valence-electron chi connectivity index (χ1n) is 4.38. The molecule has 1 atom stereocenters. The van der Waals surface area contributed by atoms with E-state index >= 15 is 0 Å². The molecule has 70 valence electrons. The molecule has 2 rings (SSSR count). The van der Waals surface area contributed by atoms with Gasteiger partial charge in [0.1, 0.15) is 0 Å². The quantitative estimate of drug-likeness (QED) is 0.574. The van der Waals surface area contributed by atoms with Gasteiger partial charge in [0.05, 0.1) is 0 Å².